The highest BCUT2D eigenvalue weighted by atomic mass is 16.5. The molecule has 2 aromatic carbocycles. The number of H-pyrrole nitrogens is 1. The number of aromatic amines is 1. The molecule has 0 bridgehead atoms. The summed E-state index contributed by atoms with van der Waals surface area (Å²) in [6.45, 7) is 4.84. The Morgan fingerprint density at radius 3 is 2.62 bits per heavy atom. The number of esters is 1. The largest absolute Gasteiger partial charge is 0.493 e. The van der Waals surface area contributed by atoms with Gasteiger partial charge in [0.1, 0.15) is 0 Å². The molecule has 0 unspecified atom stereocenters. The van der Waals surface area contributed by atoms with Crippen LogP contribution in [0.4, 0.5) is 0 Å². The first kappa shape index (κ1) is 21.7. The van der Waals surface area contributed by atoms with Gasteiger partial charge in [0.15, 0.2) is 11.5 Å². The van der Waals surface area contributed by atoms with E-state index >= 15 is 0 Å². The van der Waals surface area contributed by atoms with Gasteiger partial charge in [0.2, 0.25) is 0 Å². The molecule has 7 nitrogen and oxygen atoms in total. The fourth-order valence-electron chi connectivity index (χ4n) is 4.94. The molecular formula is C27H25N3O4. The lowest BCUT2D eigenvalue weighted by Crippen LogP contribution is -2.15. The first-order chi connectivity index (χ1) is 16.5. The molecule has 0 aliphatic carbocycles. The molecule has 0 radical (unpaired) electrons. The summed E-state index contributed by atoms with van der Waals surface area (Å²) in [4.78, 5) is 16.8. The number of nitriles is 1. The second kappa shape index (κ2) is 8.31. The number of aromatic nitrogens is 2. The number of carbonyl (C=O) groups excluding carboxylic acids is 1. The number of nitrogens with one attached hydrogen (secondary N) is 1. The van der Waals surface area contributed by atoms with Gasteiger partial charge in [-0.1, -0.05) is 6.07 Å². The van der Waals surface area contributed by atoms with Crippen LogP contribution in [-0.4, -0.2) is 36.3 Å². The average Bonchev–Trinajstić information content (AvgIpc) is 3.40. The summed E-state index contributed by atoms with van der Waals surface area (Å²) in [5.41, 5.74) is 7.41. The number of aryl methyl sites for hydroxylation is 1. The molecule has 0 saturated heterocycles. The van der Waals surface area contributed by atoms with Crippen molar-refractivity contribution in [2.45, 2.75) is 26.8 Å². The number of methoxy groups -OCH3 is 2. The smallest absolute Gasteiger partial charge is 0.341 e. The van der Waals surface area contributed by atoms with E-state index in [0.717, 1.165) is 57.6 Å². The maximum atomic E-state index is 13.4. The van der Waals surface area contributed by atoms with E-state index in [1.54, 1.807) is 27.2 Å². The second-order valence-corrected chi connectivity index (χ2v) is 8.27. The van der Waals surface area contributed by atoms with Crippen molar-refractivity contribution < 1.29 is 19.0 Å². The lowest BCUT2D eigenvalue weighted by molar-refractivity contribution is 0.0528. The Morgan fingerprint density at radius 1 is 1.15 bits per heavy atom. The predicted octanol–water partition coefficient (Wildman–Crippen LogP) is 5.23. The van der Waals surface area contributed by atoms with E-state index in [-0.39, 0.29) is 12.6 Å². The van der Waals surface area contributed by atoms with Crippen LogP contribution in [0.2, 0.25) is 0 Å². The van der Waals surface area contributed by atoms with Crippen LogP contribution >= 0.6 is 0 Å². The van der Waals surface area contributed by atoms with Gasteiger partial charge in [-0.05, 0) is 56.2 Å². The summed E-state index contributed by atoms with van der Waals surface area (Å²) in [5, 5.41) is 10.2. The van der Waals surface area contributed by atoms with Gasteiger partial charge in [0, 0.05) is 40.0 Å². The van der Waals surface area contributed by atoms with Gasteiger partial charge in [-0.15, -0.1) is 0 Å². The minimum atomic E-state index is -0.367. The van der Waals surface area contributed by atoms with Gasteiger partial charge < -0.3 is 23.8 Å². The van der Waals surface area contributed by atoms with Crippen LogP contribution in [0.5, 0.6) is 11.5 Å². The van der Waals surface area contributed by atoms with Crippen LogP contribution in [0.25, 0.3) is 33.4 Å². The van der Waals surface area contributed by atoms with E-state index < -0.39 is 0 Å². The lowest BCUT2D eigenvalue weighted by atomic mass is 9.94. The monoisotopic (exact) mass is 455 g/mol. The van der Waals surface area contributed by atoms with Crippen molar-refractivity contribution in [1.82, 2.24) is 9.55 Å². The molecule has 1 aliphatic rings. The van der Waals surface area contributed by atoms with Gasteiger partial charge in [0.25, 0.3) is 0 Å². The quantitative estimate of drug-likeness (QED) is 0.416. The van der Waals surface area contributed by atoms with Crippen LogP contribution in [0.1, 0.15) is 34.1 Å². The highest BCUT2D eigenvalue weighted by molar-refractivity contribution is 6.06. The van der Waals surface area contributed by atoms with Gasteiger partial charge in [-0.2, -0.15) is 5.26 Å². The number of nitrogens with zero attached hydrogens (tertiary/aromatic N) is 2. The Bertz CT molecular complexity index is 1490. The fraction of sp³-hybridized carbons (Fsp3) is 0.259. The molecule has 1 aliphatic heterocycles. The third-order valence-corrected chi connectivity index (χ3v) is 6.49. The molecule has 0 spiro atoms. The number of hydrogen-bond donors (Lipinski definition) is 1. The molecule has 4 aromatic rings. The molecule has 0 atom stereocenters. The molecule has 0 amide bonds. The van der Waals surface area contributed by atoms with Gasteiger partial charge in [-0.3, -0.25) is 0 Å². The molecule has 34 heavy (non-hydrogen) atoms. The number of rotatable bonds is 5. The minimum absolute atomic E-state index is 0.277. The summed E-state index contributed by atoms with van der Waals surface area (Å²) in [6.07, 6.45) is 0.804. The second-order valence-electron chi connectivity index (χ2n) is 8.27. The van der Waals surface area contributed by atoms with E-state index in [4.69, 9.17) is 14.2 Å². The predicted molar refractivity (Wildman–Crippen MR) is 129 cm³/mol. The number of hydrogen-bond acceptors (Lipinski definition) is 5. The zero-order valence-electron chi connectivity index (χ0n) is 19.6. The highest BCUT2D eigenvalue weighted by Gasteiger charge is 2.32. The molecule has 1 N–H and O–H groups in total. The Hall–Kier alpha value is -4.18. The summed E-state index contributed by atoms with van der Waals surface area (Å²) in [7, 11) is 3.23. The zero-order valence-corrected chi connectivity index (χ0v) is 19.6. The minimum Gasteiger partial charge on any atom is -0.493 e. The van der Waals surface area contributed by atoms with Gasteiger partial charge >= 0.3 is 5.97 Å². The first-order valence-corrected chi connectivity index (χ1v) is 11.2. The van der Waals surface area contributed by atoms with Crippen molar-refractivity contribution in [3.05, 3.63) is 58.8 Å². The van der Waals surface area contributed by atoms with Crippen molar-refractivity contribution >= 4 is 16.9 Å². The van der Waals surface area contributed by atoms with E-state index in [0.29, 0.717) is 22.6 Å². The van der Waals surface area contributed by atoms with Crippen LogP contribution in [0, 0.1) is 18.3 Å². The molecular weight excluding hydrogens is 430 g/mol. The van der Waals surface area contributed by atoms with E-state index in [1.165, 1.54) is 0 Å². The number of benzene rings is 2. The van der Waals surface area contributed by atoms with E-state index in [9.17, 15) is 10.1 Å². The maximum Gasteiger partial charge on any atom is 0.341 e. The Labute approximate surface area is 197 Å². The molecule has 5 rings (SSSR count). The maximum absolute atomic E-state index is 13.4. The summed E-state index contributed by atoms with van der Waals surface area (Å²) in [6, 6.07) is 13.6. The number of fused-ring (bicyclic) bond motifs is 4. The third kappa shape index (κ3) is 3.22. The van der Waals surface area contributed by atoms with Crippen LogP contribution in [0.15, 0.2) is 36.4 Å². The lowest BCUT2D eigenvalue weighted by Gasteiger charge is -2.23. The SMILES string of the molecule is CCOC(=O)c1c(-c2cc3ccc(C#N)cc3[nH]2)c(C)n2c1-c1cc(OC)c(OC)cc1CC2. The van der Waals surface area contributed by atoms with Gasteiger partial charge in [0.05, 0.1) is 43.7 Å². The molecule has 7 heteroatoms. The van der Waals surface area contributed by atoms with E-state index in [1.807, 2.05) is 37.3 Å². The Morgan fingerprint density at radius 2 is 1.91 bits per heavy atom. The molecule has 0 saturated carbocycles. The topological polar surface area (TPSA) is 89.3 Å². The molecule has 0 fully saturated rings. The number of carbonyl (C=O) groups is 1. The van der Waals surface area contributed by atoms with Crippen LogP contribution in [-0.2, 0) is 17.7 Å². The van der Waals surface area contributed by atoms with Crippen LogP contribution in [0.3, 0.4) is 0 Å². The Balaban J connectivity index is 1.80. The Kier molecular flexibility index (Phi) is 5.29. The first-order valence-electron chi connectivity index (χ1n) is 11.2. The van der Waals surface area contributed by atoms with Crippen molar-refractivity contribution in [3.8, 4) is 40.1 Å². The molecule has 3 heterocycles. The van der Waals surface area contributed by atoms with Crippen molar-refractivity contribution in [3.63, 3.8) is 0 Å². The number of ether oxygens (including phenoxy) is 3. The van der Waals surface area contributed by atoms with Crippen molar-refractivity contribution in [2.24, 2.45) is 0 Å². The normalized spacial score (nSPS) is 12.1. The van der Waals surface area contributed by atoms with E-state index in [2.05, 4.69) is 15.6 Å². The molecule has 172 valence electrons. The fourth-order valence-corrected chi connectivity index (χ4v) is 4.94. The summed E-state index contributed by atoms with van der Waals surface area (Å²) in [5.74, 6) is 0.910. The zero-order chi connectivity index (χ0) is 24.0. The van der Waals surface area contributed by atoms with Crippen LogP contribution < -0.4 is 9.47 Å². The van der Waals surface area contributed by atoms with Crippen molar-refractivity contribution in [2.75, 3.05) is 20.8 Å². The standard InChI is InChI=1S/C27H25N3O4/c1-5-34-27(31)25-24(21-11-18-7-6-16(14-28)10-20(18)29-21)15(2)30-9-8-17-12-22(32-3)23(33-4)13-19(17)26(25)30/h6-7,10-13,29H,5,8-9H2,1-4H3. The third-order valence-electron chi connectivity index (χ3n) is 6.49. The summed E-state index contributed by atoms with van der Waals surface area (Å²) < 4.78 is 18.8. The average molecular weight is 456 g/mol. The van der Waals surface area contributed by atoms with Gasteiger partial charge in [-0.25, -0.2) is 4.79 Å². The summed E-state index contributed by atoms with van der Waals surface area (Å²) >= 11 is 0. The van der Waals surface area contributed by atoms with Crippen molar-refractivity contribution in [1.29, 1.82) is 5.26 Å². The highest BCUT2D eigenvalue weighted by Crippen LogP contribution is 2.45. The molecule has 2 aromatic heterocycles.